The van der Waals surface area contributed by atoms with E-state index in [4.69, 9.17) is 0 Å². The summed E-state index contributed by atoms with van der Waals surface area (Å²) in [4.78, 5) is 0. The molecule has 2 aromatic carbocycles. The maximum atomic E-state index is 13.3. The number of rotatable bonds is 3. The smallest absolute Gasteiger partial charge is 0.141 e. The second-order valence-electron chi connectivity index (χ2n) is 4.39. The highest BCUT2D eigenvalue weighted by atomic mass is 79.9. The molecular weight excluding hydrogens is 326 g/mol. The zero-order valence-corrected chi connectivity index (χ0v) is 12.2. The Hall–Kier alpha value is -1.93. The predicted octanol–water partition coefficient (Wildman–Crippen LogP) is 4.71. The Labute approximate surface area is 124 Å². The van der Waals surface area contributed by atoms with Gasteiger partial charge in [-0.25, -0.2) is 8.78 Å². The van der Waals surface area contributed by atoms with Crippen LogP contribution in [-0.4, -0.2) is 0 Å². The zero-order chi connectivity index (χ0) is 14.7. The van der Waals surface area contributed by atoms with Crippen molar-refractivity contribution in [3.63, 3.8) is 0 Å². The minimum atomic E-state index is -0.703. The van der Waals surface area contributed by atoms with Crippen LogP contribution in [0.2, 0.25) is 0 Å². The van der Waals surface area contributed by atoms with E-state index in [1.165, 1.54) is 30.3 Å². The number of benzene rings is 2. The second-order valence-corrected chi connectivity index (χ2v) is 5.24. The van der Waals surface area contributed by atoms with E-state index in [0.29, 0.717) is 15.7 Å². The predicted molar refractivity (Wildman–Crippen MR) is 77.2 cm³/mol. The summed E-state index contributed by atoms with van der Waals surface area (Å²) in [5, 5.41) is 12.2. The second kappa shape index (κ2) is 6.02. The fourth-order valence-electron chi connectivity index (χ4n) is 1.90. The molecule has 0 bridgehead atoms. The van der Waals surface area contributed by atoms with Crippen LogP contribution < -0.4 is 5.32 Å². The van der Waals surface area contributed by atoms with E-state index < -0.39 is 6.04 Å². The zero-order valence-electron chi connectivity index (χ0n) is 10.6. The van der Waals surface area contributed by atoms with E-state index in [9.17, 15) is 14.0 Å². The number of halogens is 3. The van der Waals surface area contributed by atoms with Gasteiger partial charge >= 0.3 is 0 Å². The van der Waals surface area contributed by atoms with Gasteiger partial charge in [0.1, 0.15) is 17.7 Å². The molecular formula is C15H11BrF2N2. The quantitative estimate of drug-likeness (QED) is 0.880. The SMILES string of the molecule is Cc1cc(F)cc(NC(C#N)c2ccc(F)cc2Br)c1. The van der Waals surface area contributed by atoms with Gasteiger partial charge in [-0.05, 0) is 42.8 Å². The van der Waals surface area contributed by atoms with Gasteiger partial charge in [0.05, 0.1) is 6.07 Å². The van der Waals surface area contributed by atoms with Crippen LogP contribution in [0.5, 0.6) is 0 Å². The molecule has 1 N–H and O–H groups in total. The maximum Gasteiger partial charge on any atom is 0.141 e. The average molecular weight is 337 g/mol. The number of hydrogen-bond acceptors (Lipinski definition) is 2. The number of aryl methyl sites for hydroxylation is 1. The van der Waals surface area contributed by atoms with Crippen LogP contribution in [0.1, 0.15) is 17.2 Å². The maximum absolute atomic E-state index is 13.3. The van der Waals surface area contributed by atoms with Gasteiger partial charge in [-0.3, -0.25) is 0 Å². The Morgan fingerprint density at radius 1 is 1.15 bits per heavy atom. The lowest BCUT2D eigenvalue weighted by molar-refractivity contribution is 0.625. The third-order valence-corrected chi connectivity index (χ3v) is 3.44. The first-order chi connectivity index (χ1) is 9.49. The summed E-state index contributed by atoms with van der Waals surface area (Å²) in [5.74, 6) is -0.763. The summed E-state index contributed by atoms with van der Waals surface area (Å²) >= 11 is 3.23. The molecule has 0 aliphatic heterocycles. The van der Waals surface area contributed by atoms with Crippen LogP contribution in [0.25, 0.3) is 0 Å². The Morgan fingerprint density at radius 3 is 2.50 bits per heavy atom. The molecule has 2 rings (SSSR count). The monoisotopic (exact) mass is 336 g/mol. The van der Waals surface area contributed by atoms with Crippen LogP contribution >= 0.6 is 15.9 Å². The van der Waals surface area contributed by atoms with Crippen molar-refractivity contribution in [3.8, 4) is 6.07 Å². The van der Waals surface area contributed by atoms with Crippen LogP contribution in [0.15, 0.2) is 40.9 Å². The fourth-order valence-corrected chi connectivity index (χ4v) is 2.48. The van der Waals surface area contributed by atoms with E-state index in [0.717, 1.165) is 5.56 Å². The third-order valence-electron chi connectivity index (χ3n) is 2.76. The highest BCUT2D eigenvalue weighted by Gasteiger charge is 2.14. The van der Waals surface area contributed by atoms with Crippen molar-refractivity contribution in [3.05, 3.63) is 63.6 Å². The molecule has 102 valence electrons. The fraction of sp³-hybridized carbons (Fsp3) is 0.133. The van der Waals surface area contributed by atoms with Crippen molar-refractivity contribution in [2.75, 3.05) is 5.32 Å². The highest BCUT2D eigenvalue weighted by Crippen LogP contribution is 2.27. The molecule has 2 aromatic rings. The lowest BCUT2D eigenvalue weighted by Crippen LogP contribution is -2.09. The molecule has 0 aromatic heterocycles. The molecule has 2 nitrogen and oxygen atoms in total. The Bertz CT molecular complexity index is 660. The lowest BCUT2D eigenvalue weighted by Gasteiger charge is -2.15. The van der Waals surface area contributed by atoms with E-state index in [-0.39, 0.29) is 11.6 Å². The van der Waals surface area contributed by atoms with Crippen LogP contribution in [0.4, 0.5) is 14.5 Å². The summed E-state index contributed by atoms with van der Waals surface area (Å²) < 4.78 is 26.9. The largest absolute Gasteiger partial charge is 0.366 e. The van der Waals surface area contributed by atoms with Gasteiger partial charge in [-0.1, -0.05) is 22.0 Å². The lowest BCUT2D eigenvalue weighted by atomic mass is 10.1. The molecule has 0 aliphatic rings. The molecule has 1 unspecified atom stereocenters. The van der Waals surface area contributed by atoms with Gasteiger partial charge < -0.3 is 5.32 Å². The number of nitrogens with one attached hydrogen (secondary N) is 1. The summed E-state index contributed by atoms with van der Waals surface area (Å²) in [6.45, 7) is 1.77. The molecule has 0 amide bonds. The first-order valence-electron chi connectivity index (χ1n) is 5.88. The normalized spacial score (nSPS) is 11.8. The van der Waals surface area contributed by atoms with E-state index in [2.05, 4.69) is 27.3 Å². The topological polar surface area (TPSA) is 35.8 Å². The average Bonchev–Trinajstić information content (AvgIpc) is 2.35. The number of nitrogens with zero attached hydrogens (tertiary/aromatic N) is 1. The summed E-state index contributed by atoms with van der Waals surface area (Å²) in [7, 11) is 0. The molecule has 0 spiro atoms. The minimum absolute atomic E-state index is 0.373. The standard InChI is InChI=1S/C15H11BrF2N2/c1-9-4-11(18)6-12(5-9)20-15(8-19)13-3-2-10(17)7-14(13)16/h2-7,15,20H,1H3. The summed E-state index contributed by atoms with van der Waals surface area (Å²) in [6.07, 6.45) is 0. The van der Waals surface area contributed by atoms with E-state index in [1.54, 1.807) is 13.0 Å². The molecule has 0 saturated heterocycles. The molecule has 20 heavy (non-hydrogen) atoms. The molecule has 0 heterocycles. The Kier molecular flexibility index (Phi) is 4.35. The number of hydrogen-bond donors (Lipinski definition) is 1. The van der Waals surface area contributed by atoms with E-state index in [1.807, 2.05) is 0 Å². The summed E-state index contributed by atoms with van der Waals surface area (Å²) in [5.41, 5.74) is 1.85. The highest BCUT2D eigenvalue weighted by molar-refractivity contribution is 9.10. The van der Waals surface area contributed by atoms with Gasteiger partial charge in [-0.2, -0.15) is 5.26 Å². The van der Waals surface area contributed by atoms with Gasteiger partial charge in [0.2, 0.25) is 0 Å². The van der Waals surface area contributed by atoms with Crippen molar-refractivity contribution >= 4 is 21.6 Å². The van der Waals surface area contributed by atoms with Crippen LogP contribution in [0, 0.1) is 29.9 Å². The number of nitriles is 1. The van der Waals surface area contributed by atoms with Crippen molar-refractivity contribution in [1.82, 2.24) is 0 Å². The minimum Gasteiger partial charge on any atom is -0.366 e. The third kappa shape index (κ3) is 3.34. The van der Waals surface area contributed by atoms with Crippen molar-refractivity contribution in [2.24, 2.45) is 0 Å². The molecule has 1 atom stereocenters. The van der Waals surface area contributed by atoms with Gasteiger partial charge in [0.25, 0.3) is 0 Å². The summed E-state index contributed by atoms with van der Waals surface area (Å²) in [6, 6.07) is 9.93. The van der Waals surface area contributed by atoms with Crippen molar-refractivity contribution < 1.29 is 8.78 Å². The van der Waals surface area contributed by atoms with Crippen LogP contribution in [0.3, 0.4) is 0 Å². The molecule has 5 heteroatoms. The Balaban J connectivity index is 2.31. The molecule has 0 radical (unpaired) electrons. The van der Waals surface area contributed by atoms with Crippen molar-refractivity contribution in [1.29, 1.82) is 5.26 Å². The van der Waals surface area contributed by atoms with Gasteiger partial charge in [-0.15, -0.1) is 0 Å². The van der Waals surface area contributed by atoms with Gasteiger partial charge in [0, 0.05) is 15.7 Å². The van der Waals surface area contributed by atoms with E-state index >= 15 is 0 Å². The number of anilines is 1. The Morgan fingerprint density at radius 2 is 1.90 bits per heavy atom. The first kappa shape index (κ1) is 14.5. The van der Waals surface area contributed by atoms with Crippen molar-refractivity contribution in [2.45, 2.75) is 13.0 Å². The first-order valence-corrected chi connectivity index (χ1v) is 6.67. The molecule has 0 aliphatic carbocycles. The molecule has 0 saturated carbocycles. The van der Waals surface area contributed by atoms with Gasteiger partial charge in [0.15, 0.2) is 0 Å². The molecule has 0 fully saturated rings. The van der Waals surface area contributed by atoms with Crippen LogP contribution in [-0.2, 0) is 0 Å².